The molecule has 1 aliphatic rings. The van der Waals surface area contributed by atoms with Gasteiger partial charge in [-0.15, -0.1) is 0 Å². The summed E-state index contributed by atoms with van der Waals surface area (Å²) < 4.78 is 5.78. The number of rotatable bonds is 5. The fourth-order valence-electron chi connectivity index (χ4n) is 2.70. The number of carbonyl (C=O) groups is 2. The van der Waals surface area contributed by atoms with Gasteiger partial charge in [-0.05, 0) is 12.1 Å². The van der Waals surface area contributed by atoms with Crippen LogP contribution in [0.15, 0.2) is 48.9 Å². The van der Waals surface area contributed by atoms with Crippen molar-refractivity contribution in [2.75, 3.05) is 19.6 Å². The Morgan fingerprint density at radius 1 is 1.16 bits per heavy atom. The Labute approximate surface area is 146 Å². The van der Waals surface area contributed by atoms with E-state index < -0.39 is 0 Å². The van der Waals surface area contributed by atoms with Crippen molar-refractivity contribution in [2.45, 2.75) is 18.9 Å². The number of amides is 2. The largest absolute Gasteiger partial charge is 0.474 e. The second kappa shape index (κ2) is 8.23. The molecule has 1 aromatic heterocycles. The van der Waals surface area contributed by atoms with E-state index in [1.807, 2.05) is 6.07 Å². The molecule has 2 amide bonds. The average molecular weight is 340 g/mol. The number of aromatic nitrogens is 2. The molecule has 0 aliphatic carbocycles. The fraction of sp³-hybridized carbons (Fsp3) is 0.333. The smallest absolute Gasteiger partial charge is 0.251 e. The molecule has 0 saturated carbocycles. The van der Waals surface area contributed by atoms with Gasteiger partial charge in [0.25, 0.3) is 5.91 Å². The van der Waals surface area contributed by atoms with E-state index in [0.29, 0.717) is 24.5 Å². The van der Waals surface area contributed by atoms with Crippen molar-refractivity contribution in [1.29, 1.82) is 0 Å². The molecule has 1 aromatic carbocycles. The molecule has 0 spiro atoms. The molecule has 7 heteroatoms. The highest BCUT2D eigenvalue weighted by molar-refractivity contribution is 5.96. The van der Waals surface area contributed by atoms with E-state index in [1.54, 1.807) is 41.4 Å². The first-order valence-electron chi connectivity index (χ1n) is 8.26. The molecule has 0 bridgehead atoms. The van der Waals surface area contributed by atoms with E-state index in [1.165, 1.54) is 6.33 Å². The van der Waals surface area contributed by atoms with Crippen LogP contribution in [-0.2, 0) is 4.79 Å². The standard InChI is InChI=1S/C18H20N4O3/c23-17(12-20-18(24)14-4-2-1-3-5-14)22-10-7-15(8-11-22)25-16-6-9-19-13-21-16/h1-6,9,13,15H,7-8,10-12H2,(H,20,24). The number of carbonyl (C=O) groups excluding carboxylic acids is 2. The minimum atomic E-state index is -0.240. The lowest BCUT2D eigenvalue weighted by atomic mass is 10.1. The van der Waals surface area contributed by atoms with Gasteiger partial charge in [-0.2, -0.15) is 0 Å². The average Bonchev–Trinajstić information content (AvgIpc) is 2.68. The van der Waals surface area contributed by atoms with Gasteiger partial charge >= 0.3 is 0 Å². The summed E-state index contributed by atoms with van der Waals surface area (Å²) in [6.45, 7) is 1.22. The second-order valence-electron chi connectivity index (χ2n) is 5.79. The van der Waals surface area contributed by atoms with Crippen LogP contribution >= 0.6 is 0 Å². The molecule has 1 aliphatic heterocycles. The number of likely N-dealkylation sites (tertiary alicyclic amines) is 1. The number of hydrogen-bond acceptors (Lipinski definition) is 5. The van der Waals surface area contributed by atoms with E-state index in [0.717, 1.165) is 12.8 Å². The van der Waals surface area contributed by atoms with Gasteiger partial charge in [0.1, 0.15) is 12.4 Å². The molecule has 0 unspecified atom stereocenters. The molecule has 2 aromatic rings. The van der Waals surface area contributed by atoms with Crippen molar-refractivity contribution in [1.82, 2.24) is 20.2 Å². The third kappa shape index (κ3) is 4.76. The van der Waals surface area contributed by atoms with Crippen LogP contribution in [0.1, 0.15) is 23.2 Å². The van der Waals surface area contributed by atoms with Crippen molar-refractivity contribution in [3.8, 4) is 5.88 Å². The zero-order chi connectivity index (χ0) is 17.5. The zero-order valence-electron chi connectivity index (χ0n) is 13.8. The van der Waals surface area contributed by atoms with Crippen LogP contribution in [-0.4, -0.2) is 52.4 Å². The predicted molar refractivity (Wildman–Crippen MR) is 91.0 cm³/mol. The van der Waals surface area contributed by atoms with Gasteiger partial charge in [0.05, 0.1) is 6.54 Å². The lowest BCUT2D eigenvalue weighted by Crippen LogP contribution is -2.46. The third-order valence-corrected chi connectivity index (χ3v) is 4.07. The Morgan fingerprint density at radius 3 is 2.60 bits per heavy atom. The fourth-order valence-corrected chi connectivity index (χ4v) is 2.70. The predicted octanol–water partition coefficient (Wildman–Crippen LogP) is 1.28. The number of ether oxygens (including phenoxy) is 1. The normalized spacial score (nSPS) is 14.8. The van der Waals surface area contributed by atoms with Crippen molar-refractivity contribution in [2.24, 2.45) is 0 Å². The summed E-state index contributed by atoms with van der Waals surface area (Å²) in [6.07, 6.45) is 4.60. The van der Waals surface area contributed by atoms with Gasteiger partial charge in [0.15, 0.2) is 0 Å². The Balaban J connectivity index is 1.42. The van der Waals surface area contributed by atoms with Gasteiger partial charge in [-0.1, -0.05) is 18.2 Å². The first-order valence-corrected chi connectivity index (χ1v) is 8.26. The van der Waals surface area contributed by atoms with Crippen LogP contribution in [0.5, 0.6) is 5.88 Å². The first-order chi connectivity index (χ1) is 12.2. The third-order valence-electron chi connectivity index (χ3n) is 4.07. The van der Waals surface area contributed by atoms with Gasteiger partial charge in [0.2, 0.25) is 11.8 Å². The maximum atomic E-state index is 12.2. The minimum absolute atomic E-state index is 0.00512. The summed E-state index contributed by atoms with van der Waals surface area (Å²) in [5, 5.41) is 2.67. The molecular formula is C18H20N4O3. The molecule has 1 saturated heterocycles. The van der Waals surface area contributed by atoms with Gasteiger partial charge in [0, 0.05) is 43.8 Å². The van der Waals surface area contributed by atoms with Crippen LogP contribution in [0.3, 0.4) is 0 Å². The van der Waals surface area contributed by atoms with Crippen LogP contribution in [0, 0.1) is 0 Å². The Hall–Kier alpha value is -2.96. The number of piperidine rings is 1. The molecule has 2 heterocycles. The highest BCUT2D eigenvalue weighted by atomic mass is 16.5. The lowest BCUT2D eigenvalue weighted by molar-refractivity contribution is -0.131. The van der Waals surface area contributed by atoms with E-state index in [4.69, 9.17) is 4.74 Å². The van der Waals surface area contributed by atoms with Gasteiger partial charge in [-0.3, -0.25) is 9.59 Å². The summed E-state index contributed by atoms with van der Waals surface area (Å²) in [7, 11) is 0. The van der Waals surface area contributed by atoms with Crippen LogP contribution < -0.4 is 10.1 Å². The highest BCUT2D eigenvalue weighted by Crippen LogP contribution is 2.16. The molecule has 7 nitrogen and oxygen atoms in total. The van der Waals surface area contributed by atoms with Crippen molar-refractivity contribution < 1.29 is 14.3 Å². The monoisotopic (exact) mass is 340 g/mol. The molecular weight excluding hydrogens is 320 g/mol. The minimum Gasteiger partial charge on any atom is -0.474 e. The lowest BCUT2D eigenvalue weighted by Gasteiger charge is -2.32. The summed E-state index contributed by atoms with van der Waals surface area (Å²) >= 11 is 0. The summed E-state index contributed by atoms with van der Waals surface area (Å²) in [5.41, 5.74) is 0.548. The molecule has 0 atom stereocenters. The quantitative estimate of drug-likeness (QED) is 0.886. The van der Waals surface area contributed by atoms with Crippen LogP contribution in [0.25, 0.3) is 0 Å². The zero-order valence-corrected chi connectivity index (χ0v) is 13.8. The van der Waals surface area contributed by atoms with Crippen molar-refractivity contribution in [3.05, 3.63) is 54.5 Å². The van der Waals surface area contributed by atoms with Crippen molar-refractivity contribution >= 4 is 11.8 Å². The second-order valence-corrected chi connectivity index (χ2v) is 5.79. The van der Waals surface area contributed by atoms with E-state index in [-0.39, 0.29) is 24.5 Å². The molecule has 3 rings (SSSR count). The first kappa shape index (κ1) is 16.9. The number of nitrogens with zero attached hydrogens (tertiary/aromatic N) is 3. The molecule has 25 heavy (non-hydrogen) atoms. The molecule has 0 radical (unpaired) electrons. The Kier molecular flexibility index (Phi) is 5.56. The maximum absolute atomic E-state index is 12.2. The van der Waals surface area contributed by atoms with E-state index in [9.17, 15) is 9.59 Å². The van der Waals surface area contributed by atoms with Crippen LogP contribution in [0.4, 0.5) is 0 Å². The molecule has 1 fully saturated rings. The Morgan fingerprint density at radius 2 is 1.92 bits per heavy atom. The maximum Gasteiger partial charge on any atom is 0.251 e. The number of hydrogen-bond donors (Lipinski definition) is 1. The van der Waals surface area contributed by atoms with E-state index in [2.05, 4.69) is 15.3 Å². The summed E-state index contributed by atoms with van der Waals surface area (Å²) in [4.78, 5) is 33.9. The summed E-state index contributed by atoms with van der Waals surface area (Å²) in [6, 6.07) is 10.6. The van der Waals surface area contributed by atoms with Crippen molar-refractivity contribution in [3.63, 3.8) is 0 Å². The topological polar surface area (TPSA) is 84.4 Å². The SMILES string of the molecule is O=C(NCC(=O)N1CCC(Oc2ccncn2)CC1)c1ccccc1. The number of benzene rings is 1. The number of nitrogens with one attached hydrogen (secondary N) is 1. The van der Waals surface area contributed by atoms with E-state index >= 15 is 0 Å². The molecule has 130 valence electrons. The van der Waals surface area contributed by atoms with Gasteiger partial charge in [-0.25, -0.2) is 9.97 Å². The molecule has 1 N–H and O–H groups in total. The Bertz CT molecular complexity index is 701. The van der Waals surface area contributed by atoms with Crippen LogP contribution in [0.2, 0.25) is 0 Å². The van der Waals surface area contributed by atoms with Gasteiger partial charge < -0.3 is 15.0 Å². The summed E-state index contributed by atoms with van der Waals surface area (Å²) in [5.74, 6) is 0.232. The highest BCUT2D eigenvalue weighted by Gasteiger charge is 2.24.